The van der Waals surface area contributed by atoms with Crippen LogP contribution in [0.15, 0.2) is 60.7 Å². The maximum absolute atomic E-state index is 14.6. The highest BCUT2D eigenvalue weighted by molar-refractivity contribution is 9.10. The lowest BCUT2D eigenvalue weighted by Crippen LogP contribution is -2.44. The topological polar surface area (TPSA) is 64.6 Å². The fourth-order valence-corrected chi connectivity index (χ4v) is 4.28. The molecule has 1 unspecified atom stereocenters. The summed E-state index contributed by atoms with van der Waals surface area (Å²) >= 11 is 2.38. The number of rotatable bonds is 7. The Kier molecular flexibility index (Phi) is 7.20. The molecular weight excluding hydrogens is 460 g/mol. The highest BCUT2D eigenvalue weighted by Gasteiger charge is 2.60. The number of hydrogen-bond acceptors (Lipinski definition) is 5. The molecule has 1 aliphatic rings. The maximum Gasteiger partial charge on any atom is 0.323 e. The third kappa shape index (κ3) is 5.05. The third-order valence-corrected chi connectivity index (χ3v) is 5.57. The second-order valence-electron chi connectivity index (χ2n) is 6.97. The summed E-state index contributed by atoms with van der Waals surface area (Å²) in [5, 5.41) is 2.89. The number of carbonyl (C=O) groups is 2. The minimum Gasteiger partial charge on any atom is -0.465 e. The smallest absolute Gasteiger partial charge is 0.323 e. The summed E-state index contributed by atoms with van der Waals surface area (Å²) in [6.45, 7) is 1.58. The van der Waals surface area contributed by atoms with Crippen LogP contribution in [0.2, 0.25) is 0 Å². The van der Waals surface area contributed by atoms with Gasteiger partial charge in [-0.15, -0.1) is 0 Å². The van der Waals surface area contributed by atoms with Crippen molar-refractivity contribution in [2.45, 2.75) is 30.4 Å². The minimum absolute atomic E-state index is 0.0384. The number of ether oxygens (including phenoxy) is 2. The molecular formula is C22H22BrF2NO4. The number of alkyl halides is 3. The number of esters is 2. The van der Waals surface area contributed by atoms with Gasteiger partial charge in [0.25, 0.3) is 0 Å². The van der Waals surface area contributed by atoms with E-state index in [2.05, 4.69) is 21.2 Å². The van der Waals surface area contributed by atoms with E-state index in [4.69, 9.17) is 9.47 Å². The molecule has 3 rings (SSSR count). The molecule has 0 radical (unpaired) electrons. The Balaban J connectivity index is 1.93. The van der Waals surface area contributed by atoms with E-state index in [0.29, 0.717) is 5.56 Å². The van der Waals surface area contributed by atoms with Crippen molar-refractivity contribution < 1.29 is 27.8 Å². The van der Waals surface area contributed by atoms with Crippen LogP contribution in [0.3, 0.4) is 0 Å². The molecule has 2 aromatic rings. The molecule has 2 aromatic carbocycles. The number of benzene rings is 2. The van der Waals surface area contributed by atoms with Crippen LogP contribution in [0.4, 0.5) is 8.78 Å². The predicted molar refractivity (Wildman–Crippen MR) is 110 cm³/mol. The molecule has 1 heterocycles. The van der Waals surface area contributed by atoms with Gasteiger partial charge in [-0.05, 0) is 34.0 Å². The predicted octanol–water partition coefficient (Wildman–Crippen LogP) is 4.23. The Morgan fingerprint density at radius 3 is 2.17 bits per heavy atom. The molecule has 1 aliphatic heterocycles. The van der Waals surface area contributed by atoms with Crippen molar-refractivity contribution in [3.63, 3.8) is 0 Å². The zero-order chi connectivity index (χ0) is 21.7. The lowest BCUT2D eigenvalue weighted by atomic mass is 9.84. The van der Waals surface area contributed by atoms with Gasteiger partial charge in [-0.2, -0.15) is 8.78 Å². The fraction of sp³-hybridized carbons (Fsp3) is 0.364. The van der Waals surface area contributed by atoms with Crippen molar-refractivity contribution >= 4 is 27.9 Å². The number of hydrogen-bond donors (Lipinski definition) is 1. The van der Waals surface area contributed by atoms with Crippen LogP contribution in [-0.2, 0) is 25.7 Å². The van der Waals surface area contributed by atoms with E-state index in [1.54, 1.807) is 61.5 Å². The van der Waals surface area contributed by atoms with Crippen molar-refractivity contribution in [1.82, 2.24) is 5.32 Å². The summed E-state index contributed by atoms with van der Waals surface area (Å²) in [5.74, 6) is -4.64. The third-order valence-electron chi connectivity index (χ3n) is 5.04. The van der Waals surface area contributed by atoms with Crippen LogP contribution >= 0.6 is 15.9 Å². The first-order valence-electron chi connectivity index (χ1n) is 9.57. The van der Waals surface area contributed by atoms with Gasteiger partial charge in [0.15, 0.2) is 0 Å². The van der Waals surface area contributed by atoms with E-state index in [9.17, 15) is 18.4 Å². The zero-order valence-electron chi connectivity index (χ0n) is 16.3. The Hall–Kier alpha value is -2.32. The number of carbonyl (C=O) groups excluding carboxylic acids is 2. The Morgan fingerprint density at radius 1 is 1.00 bits per heavy atom. The summed E-state index contributed by atoms with van der Waals surface area (Å²) in [5.41, 5.74) is 1.34. The highest BCUT2D eigenvalue weighted by Crippen LogP contribution is 2.48. The normalized spacial score (nSPS) is 23.7. The molecule has 1 saturated heterocycles. The molecule has 8 heteroatoms. The van der Waals surface area contributed by atoms with E-state index in [1.165, 1.54) is 0 Å². The Morgan fingerprint density at radius 2 is 1.60 bits per heavy atom. The van der Waals surface area contributed by atoms with E-state index in [1.807, 2.05) is 6.07 Å². The SMILES string of the molecule is CCOC(=O)[C@@H]1N[C@@H](c2ccccc2)[C@@H](C(=O)OCc2ccccc2)C1C(F)(F)Br. The molecule has 0 aromatic heterocycles. The lowest BCUT2D eigenvalue weighted by molar-refractivity contribution is -0.157. The van der Waals surface area contributed by atoms with E-state index in [0.717, 1.165) is 5.56 Å². The van der Waals surface area contributed by atoms with Crippen LogP contribution in [0.5, 0.6) is 0 Å². The fourth-order valence-electron chi connectivity index (χ4n) is 3.73. The number of nitrogens with one attached hydrogen (secondary N) is 1. The lowest BCUT2D eigenvalue weighted by Gasteiger charge is -2.27. The van der Waals surface area contributed by atoms with Crippen LogP contribution < -0.4 is 5.32 Å². The minimum atomic E-state index is -3.50. The van der Waals surface area contributed by atoms with Gasteiger partial charge in [-0.1, -0.05) is 60.7 Å². The molecule has 0 amide bonds. The van der Waals surface area contributed by atoms with Gasteiger partial charge < -0.3 is 9.47 Å². The van der Waals surface area contributed by atoms with Gasteiger partial charge in [0, 0.05) is 6.04 Å². The largest absolute Gasteiger partial charge is 0.465 e. The van der Waals surface area contributed by atoms with Gasteiger partial charge in [0.05, 0.1) is 18.4 Å². The molecule has 160 valence electrons. The van der Waals surface area contributed by atoms with Crippen LogP contribution in [-0.4, -0.2) is 29.4 Å². The standard InChI is InChI=1S/C22H22BrF2NO4/c1-2-29-21(28)19-17(22(23,24)25)16(18(26-19)15-11-7-4-8-12-15)20(27)30-13-14-9-5-3-6-10-14/h3-12,16-19,26H,2,13H2,1H3/t16-,17?,18-,19+/m0/s1. The summed E-state index contributed by atoms with van der Waals surface area (Å²) in [6.07, 6.45) is 0. The average Bonchev–Trinajstić information content (AvgIpc) is 3.15. The summed E-state index contributed by atoms with van der Waals surface area (Å²) < 4.78 is 39.6. The first-order chi connectivity index (χ1) is 14.3. The van der Waals surface area contributed by atoms with Crippen molar-refractivity contribution in [2.75, 3.05) is 6.61 Å². The van der Waals surface area contributed by atoms with Gasteiger partial charge in [-0.3, -0.25) is 14.9 Å². The molecule has 4 atom stereocenters. The van der Waals surface area contributed by atoms with E-state index < -0.39 is 40.7 Å². The molecule has 5 nitrogen and oxygen atoms in total. The number of halogens is 3. The first kappa shape index (κ1) is 22.4. The van der Waals surface area contributed by atoms with E-state index in [-0.39, 0.29) is 13.2 Å². The van der Waals surface area contributed by atoms with Crippen molar-refractivity contribution in [1.29, 1.82) is 0 Å². The quantitative estimate of drug-likeness (QED) is 0.473. The Bertz CT molecular complexity index is 860. The molecule has 0 bridgehead atoms. The van der Waals surface area contributed by atoms with Gasteiger partial charge in [0.1, 0.15) is 12.6 Å². The molecule has 0 spiro atoms. The average molecular weight is 482 g/mol. The summed E-state index contributed by atoms with van der Waals surface area (Å²) in [6, 6.07) is 15.4. The summed E-state index contributed by atoms with van der Waals surface area (Å²) in [4.78, 5) is 22.0. The zero-order valence-corrected chi connectivity index (χ0v) is 17.9. The van der Waals surface area contributed by atoms with Gasteiger partial charge >= 0.3 is 16.8 Å². The second kappa shape index (κ2) is 9.66. The maximum atomic E-state index is 14.6. The van der Waals surface area contributed by atoms with E-state index >= 15 is 0 Å². The Labute approximate surface area is 181 Å². The molecule has 1 N–H and O–H groups in total. The van der Waals surface area contributed by atoms with Crippen LogP contribution in [0, 0.1) is 11.8 Å². The van der Waals surface area contributed by atoms with Crippen molar-refractivity contribution in [3.8, 4) is 0 Å². The second-order valence-corrected chi connectivity index (χ2v) is 8.03. The molecule has 30 heavy (non-hydrogen) atoms. The molecule has 0 saturated carbocycles. The summed E-state index contributed by atoms with van der Waals surface area (Å²) in [7, 11) is 0. The van der Waals surface area contributed by atoms with Crippen LogP contribution in [0.1, 0.15) is 24.1 Å². The monoisotopic (exact) mass is 481 g/mol. The van der Waals surface area contributed by atoms with Gasteiger partial charge in [-0.25, -0.2) is 0 Å². The van der Waals surface area contributed by atoms with Crippen molar-refractivity contribution in [2.24, 2.45) is 11.8 Å². The van der Waals surface area contributed by atoms with Crippen LogP contribution in [0.25, 0.3) is 0 Å². The molecule has 0 aliphatic carbocycles. The molecule has 1 fully saturated rings. The first-order valence-corrected chi connectivity index (χ1v) is 10.4. The van der Waals surface area contributed by atoms with Gasteiger partial charge in [0.2, 0.25) is 0 Å². The van der Waals surface area contributed by atoms with Crippen molar-refractivity contribution in [3.05, 3.63) is 71.8 Å². The highest BCUT2D eigenvalue weighted by atomic mass is 79.9.